The number of anilines is 2. The van der Waals surface area contributed by atoms with Gasteiger partial charge in [0.05, 0.1) is 17.6 Å². The maximum absolute atomic E-state index is 11.8. The lowest BCUT2D eigenvalue weighted by Crippen LogP contribution is -2.30. The number of sulfonamides is 1. The van der Waals surface area contributed by atoms with Gasteiger partial charge in [-0.2, -0.15) is 0 Å². The van der Waals surface area contributed by atoms with Crippen molar-refractivity contribution in [3.05, 3.63) is 24.3 Å². The SMILES string of the molecule is CC(=O)N1CCCN(S(C)(=O)=O)c2ccccc21. The third-order valence-electron chi connectivity index (χ3n) is 2.96. The molecule has 0 saturated heterocycles. The summed E-state index contributed by atoms with van der Waals surface area (Å²) < 4.78 is 25.0. The Balaban J connectivity index is 2.58. The Hall–Kier alpha value is -1.56. The van der Waals surface area contributed by atoms with E-state index >= 15 is 0 Å². The summed E-state index contributed by atoms with van der Waals surface area (Å²) in [6.45, 7) is 2.44. The lowest BCUT2D eigenvalue weighted by molar-refractivity contribution is -0.116. The van der Waals surface area contributed by atoms with E-state index in [1.807, 2.05) is 0 Å². The Kier molecular flexibility index (Phi) is 3.30. The van der Waals surface area contributed by atoms with E-state index in [0.29, 0.717) is 30.9 Å². The van der Waals surface area contributed by atoms with E-state index in [1.54, 1.807) is 29.2 Å². The summed E-state index contributed by atoms with van der Waals surface area (Å²) >= 11 is 0. The molecule has 1 aromatic rings. The molecule has 1 amide bonds. The number of rotatable bonds is 1. The van der Waals surface area contributed by atoms with Crippen molar-refractivity contribution >= 4 is 27.3 Å². The molecule has 0 saturated carbocycles. The molecule has 0 atom stereocenters. The summed E-state index contributed by atoms with van der Waals surface area (Å²) in [4.78, 5) is 13.3. The second-order valence-corrected chi connectivity index (χ2v) is 6.25. The van der Waals surface area contributed by atoms with Crippen molar-refractivity contribution in [2.24, 2.45) is 0 Å². The Morgan fingerprint density at radius 3 is 2.33 bits per heavy atom. The molecule has 1 aliphatic heterocycles. The molecule has 0 aromatic heterocycles. The quantitative estimate of drug-likeness (QED) is 0.769. The fourth-order valence-corrected chi connectivity index (χ4v) is 3.16. The van der Waals surface area contributed by atoms with Gasteiger partial charge in [-0.15, -0.1) is 0 Å². The number of fused-ring (bicyclic) bond motifs is 1. The highest BCUT2D eigenvalue weighted by Crippen LogP contribution is 2.33. The van der Waals surface area contributed by atoms with Gasteiger partial charge in [-0.05, 0) is 18.6 Å². The molecule has 0 unspecified atom stereocenters. The molecule has 1 heterocycles. The van der Waals surface area contributed by atoms with Crippen LogP contribution in [-0.4, -0.2) is 33.7 Å². The zero-order valence-electron chi connectivity index (χ0n) is 10.5. The van der Waals surface area contributed by atoms with E-state index < -0.39 is 10.0 Å². The zero-order chi connectivity index (χ0) is 13.3. The standard InChI is InChI=1S/C12H16N2O3S/c1-10(15)13-8-5-9-14(18(2,16)17)12-7-4-3-6-11(12)13/h3-4,6-7H,5,8-9H2,1-2H3. The van der Waals surface area contributed by atoms with Gasteiger partial charge < -0.3 is 4.90 Å². The molecule has 0 fully saturated rings. The summed E-state index contributed by atoms with van der Waals surface area (Å²) in [5, 5.41) is 0. The number of amides is 1. The second-order valence-electron chi connectivity index (χ2n) is 4.35. The number of para-hydroxylation sites is 2. The minimum absolute atomic E-state index is 0.0715. The molecular weight excluding hydrogens is 252 g/mol. The van der Waals surface area contributed by atoms with Crippen LogP contribution in [0, 0.1) is 0 Å². The van der Waals surface area contributed by atoms with Crippen molar-refractivity contribution < 1.29 is 13.2 Å². The Labute approximate surface area is 107 Å². The number of hydrogen-bond donors (Lipinski definition) is 0. The molecule has 0 radical (unpaired) electrons. The monoisotopic (exact) mass is 268 g/mol. The summed E-state index contributed by atoms with van der Waals surface area (Å²) in [6.07, 6.45) is 1.81. The lowest BCUT2D eigenvalue weighted by Gasteiger charge is -2.24. The van der Waals surface area contributed by atoms with Crippen molar-refractivity contribution in [2.75, 3.05) is 28.6 Å². The number of nitrogens with zero attached hydrogens (tertiary/aromatic N) is 2. The molecule has 2 rings (SSSR count). The van der Waals surface area contributed by atoms with Gasteiger partial charge in [0.15, 0.2) is 0 Å². The van der Waals surface area contributed by atoms with Crippen molar-refractivity contribution in [3.8, 4) is 0 Å². The predicted octanol–water partition coefficient (Wildman–Crippen LogP) is 1.21. The molecule has 0 bridgehead atoms. The third-order valence-corrected chi connectivity index (χ3v) is 4.14. The van der Waals surface area contributed by atoms with Crippen LogP contribution in [0.2, 0.25) is 0 Å². The minimum atomic E-state index is -3.32. The highest BCUT2D eigenvalue weighted by Gasteiger charge is 2.26. The van der Waals surface area contributed by atoms with E-state index in [0.717, 1.165) is 0 Å². The molecule has 1 aromatic carbocycles. The summed E-state index contributed by atoms with van der Waals surface area (Å²) in [6, 6.07) is 7.10. The van der Waals surface area contributed by atoms with Crippen molar-refractivity contribution in [1.82, 2.24) is 0 Å². The first-order chi connectivity index (χ1) is 8.41. The first kappa shape index (κ1) is 12.9. The van der Waals surface area contributed by atoms with Gasteiger partial charge in [0, 0.05) is 20.0 Å². The van der Waals surface area contributed by atoms with E-state index in [1.165, 1.54) is 17.5 Å². The summed E-state index contributed by atoms with van der Waals surface area (Å²) in [7, 11) is -3.32. The van der Waals surface area contributed by atoms with Gasteiger partial charge in [-0.1, -0.05) is 12.1 Å². The molecule has 98 valence electrons. The molecule has 0 aliphatic carbocycles. The Morgan fingerprint density at radius 2 is 1.78 bits per heavy atom. The van der Waals surface area contributed by atoms with E-state index in [9.17, 15) is 13.2 Å². The van der Waals surface area contributed by atoms with Crippen LogP contribution in [0.4, 0.5) is 11.4 Å². The Morgan fingerprint density at radius 1 is 1.17 bits per heavy atom. The number of carbonyl (C=O) groups is 1. The smallest absolute Gasteiger partial charge is 0.232 e. The molecule has 18 heavy (non-hydrogen) atoms. The number of carbonyl (C=O) groups excluding carboxylic acids is 1. The maximum Gasteiger partial charge on any atom is 0.232 e. The fraction of sp³-hybridized carbons (Fsp3) is 0.417. The third kappa shape index (κ3) is 2.33. The second kappa shape index (κ2) is 4.61. The van der Waals surface area contributed by atoms with Crippen LogP contribution >= 0.6 is 0 Å². The fourth-order valence-electron chi connectivity index (χ4n) is 2.19. The minimum Gasteiger partial charge on any atom is -0.311 e. The number of hydrogen-bond acceptors (Lipinski definition) is 3. The topological polar surface area (TPSA) is 57.7 Å². The van der Waals surface area contributed by atoms with E-state index in [4.69, 9.17) is 0 Å². The highest BCUT2D eigenvalue weighted by molar-refractivity contribution is 7.92. The van der Waals surface area contributed by atoms with Crippen LogP contribution in [0.25, 0.3) is 0 Å². The first-order valence-electron chi connectivity index (χ1n) is 5.76. The molecule has 0 spiro atoms. The largest absolute Gasteiger partial charge is 0.311 e. The van der Waals surface area contributed by atoms with Gasteiger partial charge in [0.2, 0.25) is 15.9 Å². The van der Waals surface area contributed by atoms with Crippen LogP contribution in [0.15, 0.2) is 24.3 Å². The molecular formula is C12H16N2O3S. The van der Waals surface area contributed by atoms with Crippen molar-refractivity contribution in [3.63, 3.8) is 0 Å². The molecule has 0 N–H and O–H groups in total. The van der Waals surface area contributed by atoms with E-state index in [2.05, 4.69) is 0 Å². The van der Waals surface area contributed by atoms with Crippen LogP contribution in [0.3, 0.4) is 0 Å². The van der Waals surface area contributed by atoms with Gasteiger partial charge in [0.1, 0.15) is 0 Å². The first-order valence-corrected chi connectivity index (χ1v) is 7.61. The van der Waals surface area contributed by atoms with Crippen LogP contribution < -0.4 is 9.21 Å². The predicted molar refractivity (Wildman–Crippen MR) is 71.3 cm³/mol. The zero-order valence-corrected chi connectivity index (χ0v) is 11.3. The average molecular weight is 268 g/mol. The molecule has 5 nitrogen and oxygen atoms in total. The normalized spacial score (nSPS) is 16.1. The maximum atomic E-state index is 11.8. The van der Waals surface area contributed by atoms with Gasteiger partial charge in [0.25, 0.3) is 0 Å². The van der Waals surface area contributed by atoms with Crippen LogP contribution in [-0.2, 0) is 14.8 Å². The summed E-state index contributed by atoms with van der Waals surface area (Å²) in [5.74, 6) is -0.0715. The molecule has 1 aliphatic rings. The van der Waals surface area contributed by atoms with Crippen molar-refractivity contribution in [1.29, 1.82) is 0 Å². The lowest BCUT2D eigenvalue weighted by atomic mass is 10.2. The van der Waals surface area contributed by atoms with Gasteiger partial charge in [-0.3, -0.25) is 9.10 Å². The van der Waals surface area contributed by atoms with E-state index in [-0.39, 0.29) is 5.91 Å². The van der Waals surface area contributed by atoms with Gasteiger partial charge in [-0.25, -0.2) is 8.42 Å². The van der Waals surface area contributed by atoms with Gasteiger partial charge >= 0.3 is 0 Å². The molecule has 6 heteroatoms. The van der Waals surface area contributed by atoms with Crippen LogP contribution in [0.5, 0.6) is 0 Å². The average Bonchev–Trinajstić information content (AvgIpc) is 2.47. The Bertz CT molecular complexity index is 568. The summed E-state index contributed by atoms with van der Waals surface area (Å²) in [5.41, 5.74) is 1.24. The highest BCUT2D eigenvalue weighted by atomic mass is 32.2. The number of benzene rings is 1. The van der Waals surface area contributed by atoms with Crippen molar-refractivity contribution in [2.45, 2.75) is 13.3 Å². The van der Waals surface area contributed by atoms with Crippen LogP contribution in [0.1, 0.15) is 13.3 Å².